The number of fused-ring (bicyclic) bond motifs is 1. The molecule has 174 valence electrons. The summed E-state index contributed by atoms with van der Waals surface area (Å²) in [5, 5.41) is 11.2. The summed E-state index contributed by atoms with van der Waals surface area (Å²) < 4.78 is 16.1. The number of benzene rings is 2. The summed E-state index contributed by atoms with van der Waals surface area (Å²) in [7, 11) is 1.56. The molecule has 33 heavy (non-hydrogen) atoms. The molecule has 0 bridgehead atoms. The highest BCUT2D eigenvalue weighted by atomic mass is 16.7. The van der Waals surface area contributed by atoms with Crippen LogP contribution in [-0.4, -0.2) is 66.7 Å². The summed E-state index contributed by atoms with van der Waals surface area (Å²) in [6.07, 6.45) is 0. The second kappa shape index (κ2) is 9.54. The third-order valence-electron chi connectivity index (χ3n) is 6.15. The Labute approximate surface area is 193 Å². The maximum Gasteiger partial charge on any atom is 0.295 e. The van der Waals surface area contributed by atoms with E-state index in [0.29, 0.717) is 41.5 Å². The van der Waals surface area contributed by atoms with Crippen LogP contribution in [0.25, 0.3) is 5.76 Å². The van der Waals surface area contributed by atoms with Crippen molar-refractivity contribution >= 4 is 17.4 Å². The Morgan fingerprint density at radius 3 is 2.61 bits per heavy atom. The third kappa shape index (κ3) is 4.26. The van der Waals surface area contributed by atoms with Crippen LogP contribution in [0.4, 0.5) is 0 Å². The van der Waals surface area contributed by atoms with Crippen LogP contribution in [0.15, 0.2) is 48.0 Å². The number of methoxy groups -OCH3 is 1. The molecule has 0 spiro atoms. The number of hydrogen-bond donors (Lipinski definition) is 1. The Bertz CT molecular complexity index is 1090. The van der Waals surface area contributed by atoms with E-state index in [1.54, 1.807) is 43.5 Å². The first-order valence-corrected chi connectivity index (χ1v) is 11.0. The second-order valence-corrected chi connectivity index (χ2v) is 7.86. The number of ketones is 1. The van der Waals surface area contributed by atoms with Crippen LogP contribution >= 0.6 is 0 Å². The van der Waals surface area contributed by atoms with Gasteiger partial charge in [-0.3, -0.25) is 9.59 Å². The summed E-state index contributed by atoms with van der Waals surface area (Å²) >= 11 is 0. The Kier molecular flexibility index (Phi) is 6.55. The highest BCUT2D eigenvalue weighted by molar-refractivity contribution is 6.46. The van der Waals surface area contributed by atoms with E-state index < -0.39 is 17.7 Å². The van der Waals surface area contributed by atoms with Gasteiger partial charge in [0.25, 0.3) is 11.7 Å². The van der Waals surface area contributed by atoms with E-state index in [0.717, 1.165) is 13.1 Å². The molecule has 1 atom stereocenters. The van der Waals surface area contributed by atoms with Crippen molar-refractivity contribution in [1.82, 2.24) is 9.80 Å². The highest BCUT2D eigenvalue weighted by Gasteiger charge is 2.46. The SMILES string of the molecule is CCN(CC)CCN1C(=O)C(=O)C(=C(O)c2ccc3c(c2)OCO3)[C@@H]1c1cccc(OC)c1. The van der Waals surface area contributed by atoms with E-state index >= 15 is 0 Å². The first-order valence-electron chi connectivity index (χ1n) is 11.0. The number of carbonyl (C=O) groups excluding carboxylic acids is 2. The van der Waals surface area contributed by atoms with Gasteiger partial charge >= 0.3 is 0 Å². The van der Waals surface area contributed by atoms with Crippen LogP contribution in [-0.2, 0) is 9.59 Å². The summed E-state index contributed by atoms with van der Waals surface area (Å²) in [6.45, 7) is 6.84. The molecular weight excluding hydrogens is 424 g/mol. The first kappa shape index (κ1) is 22.7. The van der Waals surface area contributed by atoms with Crippen molar-refractivity contribution < 1.29 is 28.9 Å². The lowest BCUT2D eigenvalue weighted by atomic mass is 9.95. The average molecular weight is 453 g/mol. The smallest absolute Gasteiger partial charge is 0.295 e. The Balaban J connectivity index is 1.80. The largest absolute Gasteiger partial charge is 0.507 e. The predicted octanol–water partition coefficient (Wildman–Crippen LogP) is 3.19. The van der Waals surface area contributed by atoms with Gasteiger partial charge in [-0.1, -0.05) is 26.0 Å². The van der Waals surface area contributed by atoms with Crippen molar-refractivity contribution in [3.8, 4) is 17.2 Å². The maximum atomic E-state index is 13.2. The Morgan fingerprint density at radius 2 is 1.88 bits per heavy atom. The van der Waals surface area contributed by atoms with Gasteiger partial charge in [0.2, 0.25) is 6.79 Å². The number of Topliss-reactive ketones (excluding diaryl/α,β-unsaturated/α-hetero) is 1. The maximum absolute atomic E-state index is 13.2. The van der Waals surface area contributed by atoms with E-state index in [1.807, 2.05) is 6.07 Å². The molecule has 2 aliphatic heterocycles. The topological polar surface area (TPSA) is 88.5 Å². The molecule has 8 heteroatoms. The van der Waals surface area contributed by atoms with E-state index in [9.17, 15) is 14.7 Å². The van der Waals surface area contributed by atoms with Crippen LogP contribution in [0.2, 0.25) is 0 Å². The summed E-state index contributed by atoms with van der Waals surface area (Å²) in [5.74, 6) is 0.0628. The van der Waals surface area contributed by atoms with Crippen LogP contribution in [0.3, 0.4) is 0 Å². The van der Waals surface area contributed by atoms with Gasteiger partial charge in [0, 0.05) is 18.7 Å². The predicted molar refractivity (Wildman–Crippen MR) is 122 cm³/mol. The number of likely N-dealkylation sites (N-methyl/N-ethyl adjacent to an activating group) is 1. The fraction of sp³-hybridized carbons (Fsp3) is 0.360. The molecule has 2 aromatic rings. The number of amides is 1. The van der Waals surface area contributed by atoms with Crippen molar-refractivity contribution in [2.75, 3.05) is 40.1 Å². The molecular formula is C25H28N2O6. The average Bonchev–Trinajstić information content (AvgIpc) is 3.41. The number of aliphatic hydroxyl groups excluding tert-OH is 1. The van der Waals surface area contributed by atoms with Crippen LogP contribution < -0.4 is 14.2 Å². The first-order chi connectivity index (χ1) is 16.0. The van der Waals surface area contributed by atoms with Crippen molar-refractivity contribution in [1.29, 1.82) is 0 Å². The lowest BCUT2D eigenvalue weighted by molar-refractivity contribution is -0.140. The standard InChI is InChI=1S/C25H28N2O6/c1-4-26(5-2)11-12-27-22(16-7-6-8-18(13-16)31-3)21(24(29)25(27)30)23(28)17-9-10-19-20(14-17)33-15-32-19/h6-10,13-14,22,28H,4-5,11-12,15H2,1-3H3/t22-/m0/s1. The fourth-order valence-corrected chi connectivity index (χ4v) is 4.26. The molecule has 0 aromatic heterocycles. The van der Waals surface area contributed by atoms with Crippen molar-refractivity contribution in [3.63, 3.8) is 0 Å². The summed E-state index contributed by atoms with van der Waals surface area (Å²) in [6, 6.07) is 11.4. The lowest BCUT2D eigenvalue weighted by Gasteiger charge is -2.28. The van der Waals surface area contributed by atoms with Gasteiger partial charge in [0.05, 0.1) is 18.7 Å². The molecule has 8 nitrogen and oxygen atoms in total. The molecule has 0 aliphatic carbocycles. The van der Waals surface area contributed by atoms with E-state index in [2.05, 4.69) is 18.7 Å². The fourth-order valence-electron chi connectivity index (χ4n) is 4.26. The Hall–Kier alpha value is -3.52. The molecule has 1 saturated heterocycles. The molecule has 2 aliphatic rings. The quantitative estimate of drug-likeness (QED) is 0.374. The van der Waals surface area contributed by atoms with Crippen LogP contribution in [0.5, 0.6) is 17.2 Å². The number of carbonyl (C=O) groups is 2. The molecule has 0 saturated carbocycles. The molecule has 0 radical (unpaired) electrons. The molecule has 1 amide bonds. The van der Waals surface area contributed by atoms with Gasteiger partial charge < -0.3 is 29.1 Å². The van der Waals surface area contributed by atoms with Gasteiger partial charge in [-0.2, -0.15) is 0 Å². The van der Waals surface area contributed by atoms with E-state index in [4.69, 9.17) is 14.2 Å². The number of nitrogens with zero attached hydrogens (tertiary/aromatic N) is 2. The zero-order valence-electron chi connectivity index (χ0n) is 19.0. The number of rotatable bonds is 8. The minimum atomic E-state index is -0.735. The van der Waals surface area contributed by atoms with Crippen molar-refractivity contribution in [3.05, 3.63) is 59.2 Å². The van der Waals surface area contributed by atoms with E-state index in [1.165, 1.54) is 4.90 Å². The van der Waals surface area contributed by atoms with Gasteiger partial charge in [0.15, 0.2) is 11.5 Å². The molecule has 2 aromatic carbocycles. The Morgan fingerprint density at radius 1 is 1.12 bits per heavy atom. The van der Waals surface area contributed by atoms with Crippen molar-refractivity contribution in [2.45, 2.75) is 19.9 Å². The monoisotopic (exact) mass is 452 g/mol. The molecule has 4 rings (SSSR count). The van der Waals surface area contributed by atoms with Gasteiger partial charge in [-0.05, 0) is 49.0 Å². The van der Waals surface area contributed by atoms with Gasteiger partial charge in [-0.15, -0.1) is 0 Å². The van der Waals surface area contributed by atoms with Crippen molar-refractivity contribution in [2.24, 2.45) is 0 Å². The van der Waals surface area contributed by atoms with Crippen LogP contribution in [0.1, 0.15) is 31.0 Å². The summed E-state index contributed by atoms with van der Waals surface area (Å²) in [5.41, 5.74) is 1.12. The number of ether oxygens (including phenoxy) is 3. The molecule has 1 N–H and O–H groups in total. The molecule has 0 unspecified atom stereocenters. The zero-order chi connectivity index (χ0) is 23.5. The van der Waals surface area contributed by atoms with Crippen LogP contribution in [0, 0.1) is 0 Å². The minimum absolute atomic E-state index is 0.0478. The minimum Gasteiger partial charge on any atom is -0.507 e. The van der Waals surface area contributed by atoms with E-state index in [-0.39, 0.29) is 18.1 Å². The van der Waals surface area contributed by atoms with Gasteiger partial charge in [0.1, 0.15) is 11.5 Å². The lowest BCUT2D eigenvalue weighted by Crippen LogP contribution is -2.38. The second-order valence-electron chi connectivity index (χ2n) is 7.86. The normalized spacial score (nSPS) is 18.9. The summed E-state index contributed by atoms with van der Waals surface area (Å²) in [4.78, 5) is 30.0. The zero-order valence-corrected chi connectivity index (χ0v) is 19.0. The number of aliphatic hydroxyl groups is 1. The van der Waals surface area contributed by atoms with Gasteiger partial charge in [-0.25, -0.2) is 0 Å². The third-order valence-corrected chi connectivity index (χ3v) is 6.15. The highest BCUT2D eigenvalue weighted by Crippen LogP contribution is 2.41. The molecule has 2 heterocycles. The number of hydrogen-bond acceptors (Lipinski definition) is 7. The molecule has 1 fully saturated rings. The number of likely N-dealkylation sites (tertiary alicyclic amines) is 1.